The highest BCUT2D eigenvalue weighted by Crippen LogP contribution is 2.27. The monoisotopic (exact) mass is 383 g/mol. The third kappa shape index (κ3) is 4.18. The van der Waals surface area contributed by atoms with Crippen molar-refractivity contribution in [2.24, 2.45) is 16.8 Å². The highest BCUT2D eigenvalue weighted by atomic mass is 32.2. The molecule has 9 nitrogen and oxygen atoms in total. The second-order valence-corrected chi connectivity index (χ2v) is 6.82. The van der Waals surface area contributed by atoms with Crippen LogP contribution >= 0.6 is 11.8 Å². The van der Waals surface area contributed by atoms with Gasteiger partial charge in [-0.3, -0.25) is 5.01 Å². The first-order valence-electron chi connectivity index (χ1n) is 8.10. The minimum absolute atomic E-state index is 0.161. The first-order valence-corrected chi connectivity index (χ1v) is 9.09. The van der Waals surface area contributed by atoms with E-state index in [-0.39, 0.29) is 5.95 Å². The number of hydrogen-bond acceptors (Lipinski definition) is 9. The van der Waals surface area contributed by atoms with Gasteiger partial charge in [0.2, 0.25) is 17.1 Å². The van der Waals surface area contributed by atoms with Crippen LogP contribution in [-0.2, 0) is 5.75 Å². The predicted octanol–water partition coefficient (Wildman–Crippen LogP) is 1.52. The summed E-state index contributed by atoms with van der Waals surface area (Å²) < 4.78 is 0. The molecule has 0 bridgehead atoms. The molecule has 10 heteroatoms. The zero-order valence-electron chi connectivity index (χ0n) is 15.1. The van der Waals surface area contributed by atoms with Crippen molar-refractivity contribution in [1.82, 2.24) is 15.0 Å². The molecule has 3 rings (SSSR count). The Labute approximate surface area is 161 Å². The van der Waals surface area contributed by atoms with E-state index >= 15 is 0 Å². The summed E-state index contributed by atoms with van der Waals surface area (Å²) >= 11 is 1.31. The lowest BCUT2D eigenvalue weighted by Crippen LogP contribution is -2.36. The van der Waals surface area contributed by atoms with Gasteiger partial charge in [-0.15, -0.1) is 0 Å². The minimum atomic E-state index is 0.161. The Bertz CT molecular complexity index is 968. The molecular formula is C17H21N9S. The molecule has 3 aromatic rings. The van der Waals surface area contributed by atoms with Crippen LogP contribution in [0.1, 0.15) is 5.82 Å². The summed E-state index contributed by atoms with van der Waals surface area (Å²) in [5.74, 6) is 13.4. The van der Waals surface area contributed by atoms with Crippen LogP contribution in [0.2, 0.25) is 0 Å². The molecule has 1 aromatic heterocycles. The average molecular weight is 383 g/mol. The fraction of sp³-hybridized carbons (Fsp3) is 0.176. The van der Waals surface area contributed by atoms with Crippen LogP contribution in [0.15, 0.2) is 47.6 Å². The number of hydrazone groups is 1. The number of hydrazine groups is 1. The Morgan fingerprint density at radius 1 is 1.07 bits per heavy atom. The smallest absolute Gasteiger partial charge is 0.229 e. The van der Waals surface area contributed by atoms with E-state index in [1.54, 1.807) is 4.90 Å². The van der Waals surface area contributed by atoms with Gasteiger partial charge in [-0.05, 0) is 11.5 Å². The Morgan fingerprint density at radius 2 is 1.81 bits per heavy atom. The number of thioether (sulfide) groups is 1. The number of nitrogens with zero attached hydrogens (tertiary/aromatic N) is 6. The van der Waals surface area contributed by atoms with Gasteiger partial charge in [0.05, 0.1) is 11.4 Å². The van der Waals surface area contributed by atoms with Gasteiger partial charge in [0.15, 0.2) is 0 Å². The van der Waals surface area contributed by atoms with Crippen molar-refractivity contribution in [1.29, 1.82) is 0 Å². The lowest BCUT2D eigenvalue weighted by molar-refractivity contribution is 0.920. The Balaban J connectivity index is 1.82. The van der Waals surface area contributed by atoms with Crippen LogP contribution in [0, 0.1) is 0 Å². The van der Waals surface area contributed by atoms with Crippen LogP contribution in [0.3, 0.4) is 0 Å². The van der Waals surface area contributed by atoms with Crippen molar-refractivity contribution in [3.05, 3.63) is 48.3 Å². The maximum atomic E-state index is 6.30. The number of amidine groups is 1. The van der Waals surface area contributed by atoms with Gasteiger partial charge in [0, 0.05) is 19.5 Å². The van der Waals surface area contributed by atoms with Crippen molar-refractivity contribution in [3.8, 4) is 0 Å². The fourth-order valence-electron chi connectivity index (χ4n) is 2.51. The zero-order valence-corrected chi connectivity index (χ0v) is 15.9. The van der Waals surface area contributed by atoms with Crippen LogP contribution in [-0.4, -0.2) is 34.2 Å². The molecule has 1 heterocycles. The molecule has 140 valence electrons. The Morgan fingerprint density at radius 3 is 2.56 bits per heavy atom. The number of anilines is 3. The van der Waals surface area contributed by atoms with Gasteiger partial charge >= 0.3 is 0 Å². The summed E-state index contributed by atoms with van der Waals surface area (Å²) in [6.07, 6.45) is 0. The Hall–Kier alpha value is -3.11. The van der Waals surface area contributed by atoms with E-state index < -0.39 is 0 Å². The second kappa shape index (κ2) is 8.06. The number of rotatable bonds is 4. The lowest BCUT2D eigenvalue weighted by Gasteiger charge is -2.21. The number of nitrogens with two attached hydrogens (primary N) is 3. The summed E-state index contributed by atoms with van der Waals surface area (Å²) in [5.41, 5.74) is 6.56. The van der Waals surface area contributed by atoms with Crippen LogP contribution in [0.25, 0.3) is 10.8 Å². The maximum Gasteiger partial charge on any atom is 0.229 e. The molecule has 0 saturated carbocycles. The maximum absolute atomic E-state index is 6.30. The van der Waals surface area contributed by atoms with Gasteiger partial charge in [-0.25, -0.2) is 5.84 Å². The molecule has 0 spiro atoms. The largest absolute Gasteiger partial charge is 0.368 e. The van der Waals surface area contributed by atoms with Crippen LogP contribution in [0.4, 0.5) is 17.6 Å². The third-order valence-electron chi connectivity index (χ3n) is 3.76. The van der Waals surface area contributed by atoms with Gasteiger partial charge in [0.1, 0.15) is 5.82 Å². The molecule has 27 heavy (non-hydrogen) atoms. The third-order valence-corrected chi connectivity index (χ3v) is 4.72. The highest BCUT2D eigenvalue weighted by Gasteiger charge is 2.15. The number of nitrogen functional groups attached to an aromatic ring is 1. The van der Waals surface area contributed by atoms with Gasteiger partial charge in [-0.2, -0.15) is 20.1 Å². The van der Waals surface area contributed by atoms with E-state index in [0.717, 1.165) is 16.5 Å². The first kappa shape index (κ1) is 18.7. The molecule has 0 fully saturated rings. The molecule has 2 aromatic carbocycles. The van der Waals surface area contributed by atoms with Gasteiger partial charge in [-0.1, -0.05) is 48.2 Å². The van der Waals surface area contributed by atoms with Crippen LogP contribution < -0.4 is 27.3 Å². The number of hydrogen-bond donors (Lipinski definition) is 3. The van der Waals surface area contributed by atoms with Crippen molar-refractivity contribution in [2.45, 2.75) is 5.75 Å². The molecule has 0 aliphatic rings. The highest BCUT2D eigenvalue weighted by molar-refractivity contribution is 8.13. The van der Waals surface area contributed by atoms with Gasteiger partial charge < -0.3 is 16.5 Å². The molecule has 0 radical (unpaired) electrons. The van der Waals surface area contributed by atoms with E-state index in [2.05, 4.69) is 20.1 Å². The molecule has 0 amide bonds. The Kier molecular flexibility index (Phi) is 5.57. The lowest BCUT2D eigenvalue weighted by atomic mass is 10.1. The molecule has 0 saturated heterocycles. The van der Waals surface area contributed by atoms with E-state index in [9.17, 15) is 0 Å². The quantitative estimate of drug-likeness (QED) is 0.265. The summed E-state index contributed by atoms with van der Waals surface area (Å²) in [4.78, 5) is 14.4. The number of aromatic nitrogens is 3. The normalized spacial score (nSPS) is 11.6. The standard InChI is InChI=1S/C17H21N9S/c1-25(2)16-22-14(21-15(18)23-16)10-27-17(24-19)26(20)13-9-5-7-11-6-3-4-8-12(11)13/h3-9H,10,19-20H2,1-2H3,(H2,18,21,22,23)/b24-17+. The summed E-state index contributed by atoms with van der Waals surface area (Å²) in [5, 5.41) is 7.80. The first-order chi connectivity index (χ1) is 13.0. The molecular weight excluding hydrogens is 362 g/mol. The molecule has 6 N–H and O–H groups in total. The molecule has 0 aliphatic carbocycles. The predicted molar refractivity (Wildman–Crippen MR) is 112 cm³/mol. The van der Waals surface area contributed by atoms with Crippen molar-refractivity contribution >= 4 is 45.3 Å². The molecule has 0 unspecified atom stereocenters. The zero-order chi connectivity index (χ0) is 19.4. The topological polar surface area (TPSA) is 136 Å². The number of fused-ring (bicyclic) bond motifs is 1. The number of benzene rings is 2. The van der Waals surface area contributed by atoms with Gasteiger partial charge in [0.25, 0.3) is 0 Å². The molecule has 0 aliphatic heterocycles. The second-order valence-electron chi connectivity index (χ2n) is 5.87. The van der Waals surface area contributed by atoms with Crippen molar-refractivity contribution in [2.75, 3.05) is 29.7 Å². The molecule has 0 atom stereocenters. The van der Waals surface area contributed by atoms with Crippen molar-refractivity contribution < 1.29 is 0 Å². The summed E-state index contributed by atoms with van der Waals surface area (Å²) in [6, 6.07) is 13.8. The summed E-state index contributed by atoms with van der Waals surface area (Å²) in [6.45, 7) is 0. The van der Waals surface area contributed by atoms with Crippen LogP contribution in [0.5, 0.6) is 0 Å². The SMILES string of the molecule is CN(C)c1nc(N)nc(CS/C(=N/N)N(N)c2cccc3ccccc23)n1. The fourth-order valence-corrected chi connectivity index (χ4v) is 3.21. The van der Waals surface area contributed by atoms with E-state index in [1.165, 1.54) is 16.8 Å². The van der Waals surface area contributed by atoms with Crippen molar-refractivity contribution in [3.63, 3.8) is 0 Å². The minimum Gasteiger partial charge on any atom is -0.368 e. The van der Waals surface area contributed by atoms with E-state index in [1.807, 2.05) is 56.6 Å². The summed E-state index contributed by atoms with van der Waals surface area (Å²) in [7, 11) is 3.67. The van der Waals surface area contributed by atoms with E-state index in [0.29, 0.717) is 22.7 Å². The van der Waals surface area contributed by atoms with E-state index in [4.69, 9.17) is 17.4 Å². The average Bonchev–Trinajstić information content (AvgIpc) is 2.67.